The smallest absolute Gasteiger partial charge is 0.243 e. The zero-order valence-electron chi connectivity index (χ0n) is 16.9. The van der Waals surface area contributed by atoms with Crippen LogP contribution >= 0.6 is 11.8 Å². The predicted octanol–water partition coefficient (Wildman–Crippen LogP) is 2.85. The van der Waals surface area contributed by atoms with Gasteiger partial charge in [0.2, 0.25) is 11.8 Å². The van der Waals surface area contributed by atoms with Crippen LogP contribution in [-0.2, 0) is 16.1 Å². The van der Waals surface area contributed by atoms with Crippen LogP contribution in [0.5, 0.6) is 0 Å². The third kappa shape index (κ3) is 5.98. The molecular weight excluding hydrogens is 419 g/mol. The summed E-state index contributed by atoms with van der Waals surface area (Å²) in [6.07, 6.45) is 5.07. The molecule has 0 fully saturated rings. The number of likely N-dealkylation sites (N-methyl/N-ethyl adjacent to an activating group) is 1. The summed E-state index contributed by atoms with van der Waals surface area (Å²) in [5.74, 6) is -0.255. The Morgan fingerprint density at radius 2 is 1.90 bits per heavy atom. The summed E-state index contributed by atoms with van der Waals surface area (Å²) in [7, 11) is 1.55. The number of thioether (sulfide) groups is 1. The number of hydrogen-bond acceptors (Lipinski definition) is 6. The number of carbonyl (C=O) groups is 2. The van der Waals surface area contributed by atoms with Crippen molar-refractivity contribution in [1.82, 2.24) is 24.6 Å². The van der Waals surface area contributed by atoms with Crippen molar-refractivity contribution < 1.29 is 14.0 Å². The molecule has 8 nitrogen and oxygen atoms in total. The van der Waals surface area contributed by atoms with Gasteiger partial charge in [-0.1, -0.05) is 17.8 Å². The van der Waals surface area contributed by atoms with Crippen molar-refractivity contribution >= 4 is 29.3 Å². The molecule has 31 heavy (non-hydrogen) atoms. The van der Waals surface area contributed by atoms with Gasteiger partial charge in [0, 0.05) is 37.2 Å². The van der Waals surface area contributed by atoms with Crippen LogP contribution in [0.4, 0.5) is 10.1 Å². The number of allylic oxidation sites excluding steroid dienone is 1. The number of amides is 2. The largest absolute Gasteiger partial charge is 0.336 e. The number of aromatic nitrogens is 4. The van der Waals surface area contributed by atoms with E-state index < -0.39 is 5.82 Å². The van der Waals surface area contributed by atoms with Crippen molar-refractivity contribution in [2.24, 2.45) is 0 Å². The Morgan fingerprint density at radius 3 is 2.58 bits per heavy atom. The first-order valence-corrected chi connectivity index (χ1v) is 10.3. The number of hydrogen-bond donors (Lipinski definition) is 1. The van der Waals surface area contributed by atoms with Crippen molar-refractivity contribution in [2.45, 2.75) is 11.7 Å². The van der Waals surface area contributed by atoms with Crippen LogP contribution in [-0.4, -0.2) is 55.8 Å². The predicted molar refractivity (Wildman–Crippen MR) is 117 cm³/mol. The maximum absolute atomic E-state index is 13.0. The van der Waals surface area contributed by atoms with Crippen molar-refractivity contribution in [2.75, 3.05) is 24.7 Å². The van der Waals surface area contributed by atoms with Crippen LogP contribution in [0.2, 0.25) is 0 Å². The van der Waals surface area contributed by atoms with Crippen LogP contribution in [0.1, 0.15) is 0 Å². The molecule has 0 saturated heterocycles. The number of benzene rings is 1. The molecule has 0 bridgehead atoms. The van der Waals surface area contributed by atoms with Gasteiger partial charge in [0.1, 0.15) is 5.82 Å². The fourth-order valence-electron chi connectivity index (χ4n) is 2.68. The maximum atomic E-state index is 13.0. The van der Waals surface area contributed by atoms with E-state index in [-0.39, 0.29) is 24.1 Å². The number of carbonyl (C=O) groups excluding carboxylic acids is 2. The van der Waals surface area contributed by atoms with Gasteiger partial charge in [-0.05, 0) is 36.4 Å². The summed E-state index contributed by atoms with van der Waals surface area (Å²) >= 11 is 1.23. The molecule has 0 saturated carbocycles. The average Bonchev–Trinajstić information content (AvgIpc) is 3.17. The lowest BCUT2D eigenvalue weighted by Gasteiger charge is -2.16. The number of nitrogens with zero attached hydrogens (tertiary/aromatic N) is 5. The van der Waals surface area contributed by atoms with Crippen LogP contribution in [0.25, 0.3) is 11.4 Å². The van der Waals surface area contributed by atoms with Gasteiger partial charge < -0.3 is 10.2 Å². The van der Waals surface area contributed by atoms with Crippen molar-refractivity contribution in [3.05, 3.63) is 67.3 Å². The Balaban J connectivity index is 1.58. The number of nitrogens with one attached hydrogen (secondary N) is 1. The average molecular weight is 441 g/mol. The number of halogens is 1. The highest BCUT2D eigenvalue weighted by Gasteiger charge is 2.18. The second-order valence-electron chi connectivity index (χ2n) is 6.53. The van der Waals surface area contributed by atoms with E-state index in [1.807, 2.05) is 16.7 Å². The van der Waals surface area contributed by atoms with Gasteiger partial charge in [-0.15, -0.1) is 16.8 Å². The van der Waals surface area contributed by atoms with Crippen LogP contribution in [0.3, 0.4) is 0 Å². The number of rotatable bonds is 9. The van der Waals surface area contributed by atoms with Crippen LogP contribution in [0.15, 0.2) is 66.6 Å². The lowest BCUT2D eigenvalue weighted by molar-refractivity contribution is -0.131. The summed E-state index contributed by atoms with van der Waals surface area (Å²) < 4.78 is 14.8. The van der Waals surface area contributed by atoms with E-state index in [0.717, 1.165) is 5.56 Å². The quantitative estimate of drug-likeness (QED) is 0.406. The van der Waals surface area contributed by atoms with E-state index in [4.69, 9.17) is 0 Å². The molecule has 0 radical (unpaired) electrons. The van der Waals surface area contributed by atoms with Gasteiger partial charge in [-0.2, -0.15) is 0 Å². The zero-order valence-corrected chi connectivity index (χ0v) is 17.7. The molecule has 2 heterocycles. The molecule has 0 aliphatic carbocycles. The Bertz CT molecular complexity index is 1060. The summed E-state index contributed by atoms with van der Waals surface area (Å²) in [6.45, 7) is 4.12. The molecule has 3 aromatic rings. The van der Waals surface area contributed by atoms with E-state index >= 15 is 0 Å². The van der Waals surface area contributed by atoms with Crippen LogP contribution < -0.4 is 5.32 Å². The highest BCUT2D eigenvalue weighted by atomic mass is 32.2. The number of anilines is 1. The Hall–Kier alpha value is -3.53. The van der Waals surface area contributed by atoms with Crippen LogP contribution in [0, 0.1) is 5.82 Å². The van der Waals surface area contributed by atoms with Gasteiger partial charge >= 0.3 is 0 Å². The van der Waals surface area contributed by atoms with E-state index in [0.29, 0.717) is 23.2 Å². The fraction of sp³-hybridized carbons (Fsp3) is 0.190. The van der Waals surface area contributed by atoms with E-state index in [1.54, 1.807) is 25.5 Å². The minimum Gasteiger partial charge on any atom is -0.336 e. The van der Waals surface area contributed by atoms with Crippen molar-refractivity contribution in [1.29, 1.82) is 0 Å². The molecule has 160 valence electrons. The first-order valence-electron chi connectivity index (χ1n) is 9.34. The standard InChI is InChI=1S/C21H21FN6O2S/c1-3-12-28-20(15-8-10-23-11-9-15)25-26-21(28)31-14-19(30)27(2)13-18(29)24-17-6-4-16(22)5-7-17/h3-11H,1,12-14H2,2H3,(H,24,29). The van der Waals surface area contributed by atoms with Gasteiger partial charge in [0.25, 0.3) is 0 Å². The van der Waals surface area contributed by atoms with Crippen molar-refractivity contribution in [3.63, 3.8) is 0 Å². The molecule has 0 unspecified atom stereocenters. The first-order chi connectivity index (χ1) is 15.0. The molecule has 1 aromatic carbocycles. The first kappa shape index (κ1) is 22.2. The maximum Gasteiger partial charge on any atom is 0.243 e. The summed E-state index contributed by atoms with van der Waals surface area (Å²) in [5.41, 5.74) is 1.32. The van der Waals surface area contributed by atoms with E-state index in [2.05, 4.69) is 27.1 Å². The molecule has 0 aliphatic rings. The third-order valence-corrected chi connectivity index (χ3v) is 5.18. The molecule has 10 heteroatoms. The topological polar surface area (TPSA) is 93.0 Å². The van der Waals surface area contributed by atoms with Gasteiger partial charge in [0.05, 0.1) is 12.3 Å². The summed E-state index contributed by atoms with van der Waals surface area (Å²) in [6, 6.07) is 9.07. The normalized spacial score (nSPS) is 10.5. The Kier molecular flexibility index (Phi) is 7.50. The van der Waals surface area contributed by atoms with Gasteiger partial charge in [0.15, 0.2) is 11.0 Å². The summed E-state index contributed by atoms with van der Waals surface area (Å²) in [5, 5.41) is 11.6. The third-order valence-electron chi connectivity index (χ3n) is 4.23. The van der Waals surface area contributed by atoms with Gasteiger partial charge in [-0.25, -0.2) is 4.39 Å². The lowest BCUT2D eigenvalue weighted by atomic mass is 10.2. The molecule has 2 aromatic heterocycles. The lowest BCUT2D eigenvalue weighted by Crippen LogP contribution is -2.36. The second kappa shape index (κ2) is 10.5. The van der Waals surface area contributed by atoms with Crippen molar-refractivity contribution in [3.8, 4) is 11.4 Å². The minimum atomic E-state index is -0.390. The Morgan fingerprint density at radius 1 is 1.19 bits per heavy atom. The summed E-state index contributed by atoms with van der Waals surface area (Å²) in [4.78, 5) is 29.9. The molecule has 1 N–H and O–H groups in total. The molecule has 0 aliphatic heterocycles. The molecule has 0 spiro atoms. The fourth-order valence-corrected chi connectivity index (χ4v) is 3.57. The second-order valence-corrected chi connectivity index (χ2v) is 7.48. The molecule has 0 atom stereocenters. The molecular formula is C21H21FN6O2S. The van der Waals surface area contributed by atoms with E-state index in [1.165, 1.54) is 40.9 Å². The van der Waals surface area contributed by atoms with Gasteiger partial charge in [-0.3, -0.25) is 19.1 Å². The number of pyridine rings is 1. The highest BCUT2D eigenvalue weighted by molar-refractivity contribution is 7.99. The Labute approximate surface area is 183 Å². The monoisotopic (exact) mass is 440 g/mol. The molecule has 2 amide bonds. The zero-order chi connectivity index (χ0) is 22.2. The minimum absolute atomic E-state index is 0.0892. The molecule has 3 rings (SSSR count). The van der Waals surface area contributed by atoms with E-state index in [9.17, 15) is 14.0 Å². The highest BCUT2D eigenvalue weighted by Crippen LogP contribution is 2.23. The SMILES string of the molecule is C=CCn1c(SCC(=O)N(C)CC(=O)Nc2ccc(F)cc2)nnc1-c1ccncc1.